The maximum Gasteiger partial charge on any atom is 0.410 e. The molecule has 1 N–H and O–H groups in total. The summed E-state index contributed by atoms with van der Waals surface area (Å²) in [5, 5.41) is 3.69. The van der Waals surface area contributed by atoms with Crippen LogP contribution in [0.25, 0.3) is 10.6 Å². The highest BCUT2D eigenvalue weighted by Crippen LogP contribution is 2.31. The Morgan fingerprint density at radius 1 is 1.23 bits per heavy atom. The molecule has 0 bridgehead atoms. The van der Waals surface area contributed by atoms with Gasteiger partial charge in [0.05, 0.1) is 18.4 Å². The van der Waals surface area contributed by atoms with Crippen molar-refractivity contribution in [3.63, 3.8) is 0 Å². The van der Waals surface area contributed by atoms with Crippen LogP contribution in [0.4, 0.5) is 14.3 Å². The largest absolute Gasteiger partial charge is 0.444 e. The molecule has 0 unspecified atom stereocenters. The van der Waals surface area contributed by atoms with E-state index in [1.165, 1.54) is 23.6 Å². The number of anilines is 1. The fourth-order valence-electron chi connectivity index (χ4n) is 3.03. The van der Waals surface area contributed by atoms with Gasteiger partial charge in [0.25, 0.3) is 5.91 Å². The van der Waals surface area contributed by atoms with Crippen LogP contribution in [0.1, 0.15) is 41.0 Å². The zero-order valence-corrected chi connectivity index (χ0v) is 18.9. The number of carbonyl (C=O) groups is 2. The van der Waals surface area contributed by atoms with Gasteiger partial charge in [0, 0.05) is 23.4 Å². The summed E-state index contributed by atoms with van der Waals surface area (Å²) in [4.78, 5) is 36.6. The molecule has 3 aromatic rings. The van der Waals surface area contributed by atoms with Crippen molar-refractivity contribution in [2.45, 2.75) is 39.3 Å². The molecule has 4 rings (SSSR count). The van der Waals surface area contributed by atoms with Gasteiger partial charge in [-0.05, 0) is 32.9 Å². The minimum Gasteiger partial charge on any atom is -0.444 e. The lowest BCUT2D eigenvalue weighted by Crippen LogP contribution is -2.39. The summed E-state index contributed by atoms with van der Waals surface area (Å²) in [5.41, 5.74) is 0.676. The predicted octanol–water partition coefficient (Wildman–Crippen LogP) is 4.95. The number of amides is 2. The van der Waals surface area contributed by atoms with Gasteiger partial charge in [-0.2, -0.15) is 0 Å². The number of hydrogen-bond donors (Lipinski definition) is 1. The van der Waals surface area contributed by atoms with Gasteiger partial charge >= 0.3 is 6.09 Å². The SMILES string of the molecule is CC(C)(C)OC(=O)N1CCc2nc(NC(=O)c3cnc(-c4ccccc4F)s3)sc2C1. The van der Waals surface area contributed by atoms with Crippen molar-refractivity contribution in [1.82, 2.24) is 14.9 Å². The predicted molar refractivity (Wildman–Crippen MR) is 118 cm³/mol. The standard InChI is InChI=1S/C21H21FN4O3S2/c1-21(2,3)29-20(28)26-9-8-14-16(11-26)31-19(24-14)25-17(27)15-10-23-18(30-15)12-6-4-5-7-13(12)22/h4-7,10H,8-9,11H2,1-3H3,(H,24,25,27). The number of fused-ring (bicyclic) bond motifs is 1. The summed E-state index contributed by atoms with van der Waals surface area (Å²) in [5.74, 6) is -0.735. The Hall–Kier alpha value is -2.85. The van der Waals surface area contributed by atoms with Crippen molar-refractivity contribution in [3.05, 3.63) is 51.7 Å². The number of ether oxygens (including phenoxy) is 1. The van der Waals surface area contributed by atoms with E-state index in [1.54, 1.807) is 23.1 Å². The van der Waals surface area contributed by atoms with Crippen molar-refractivity contribution < 1.29 is 18.7 Å². The Balaban J connectivity index is 1.43. The maximum atomic E-state index is 14.0. The zero-order valence-electron chi connectivity index (χ0n) is 17.3. The molecular formula is C21H21FN4O3S2. The van der Waals surface area contributed by atoms with Crippen LogP contribution in [0.15, 0.2) is 30.5 Å². The first-order valence-electron chi connectivity index (χ1n) is 9.68. The van der Waals surface area contributed by atoms with Crippen molar-refractivity contribution in [2.24, 2.45) is 0 Å². The zero-order chi connectivity index (χ0) is 22.2. The highest BCUT2D eigenvalue weighted by Gasteiger charge is 2.28. The van der Waals surface area contributed by atoms with Gasteiger partial charge in [0.2, 0.25) is 0 Å². The summed E-state index contributed by atoms with van der Waals surface area (Å²) in [6.07, 6.45) is 1.67. The molecule has 0 saturated carbocycles. The van der Waals surface area contributed by atoms with Crippen LogP contribution in [-0.4, -0.2) is 39.0 Å². The van der Waals surface area contributed by atoms with E-state index < -0.39 is 5.60 Å². The Morgan fingerprint density at radius 2 is 2.00 bits per heavy atom. The van der Waals surface area contributed by atoms with E-state index in [0.29, 0.717) is 40.1 Å². The van der Waals surface area contributed by atoms with E-state index in [-0.39, 0.29) is 17.8 Å². The highest BCUT2D eigenvalue weighted by atomic mass is 32.1. The molecule has 31 heavy (non-hydrogen) atoms. The molecule has 162 valence electrons. The second-order valence-electron chi connectivity index (χ2n) is 8.00. The number of hydrogen-bond acceptors (Lipinski definition) is 7. The number of rotatable bonds is 3. The average Bonchev–Trinajstić information content (AvgIpc) is 3.33. The molecule has 1 aromatic carbocycles. The third kappa shape index (κ3) is 4.91. The minimum atomic E-state index is -0.555. The summed E-state index contributed by atoms with van der Waals surface area (Å²) < 4.78 is 19.4. The Kier molecular flexibility index (Phi) is 5.76. The molecule has 2 amide bonds. The van der Waals surface area contributed by atoms with E-state index in [4.69, 9.17) is 4.74 Å². The van der Waals surface area contributed by atoms with Gasteiger partial charge < -0.3 is 9.64 Å². The molecule has 0 radical (unpaired) electrons. The van der Waals surface area contributed by atoms with E-state index >= 15 is 0 Å². The van der Waals surface area contributed by atoms with Gasteiger partial charge in [-0.25, -0.2) is 19.2 Å². The quantitative estimate of drug-likeness (QED) is 0.598. The number of carbonyl (C=O) groups excluding carboxylic acids is 2. The van der Waals surface area contributed by atoms with Crippen LogP contribution < -0.4 is 5.32 Å². The third-order valence-corrected chi connectivity index (χ3v) is 6.46. The molecule has 2 aromatic heterocycles. The first-order chi connectivity index (χ1) is 14.7. The van der Waals surface area contributed by atoms with Gasteiger partial charge in [-0.15, -0.1) is 11.3 Å². The highest BCUT2D eigenvalue weighted by molar-refractivity contribution is 7.17. The Morgan fingerprint density at radius 3 is 2.74 bits per heavy atom. The topological polar surface area (TPSA) is 84.4 Å². The van der Waals surface area contributed by atoms with E-state index in [0.717, 1.165) is 21.9 Å². The summed E-state index contributed by atoms with van der Waals surface area (Å²) in [6, 6.07) is 6.31. The molecule has 0 spiro atoms. The first kappa shape index (κ1) is 21.4. The van der Waals surface area contributed by atoms with Crippen LogP contribution >= 0.6 is 22.7 Å². The van der Waals surface area contributed by atoms with Crippen molar-refractivity contribution in [3.8, 4) is 10.6 Å². The molecule has 1 aliphatic heterocycles. The van der Waals surface area contributed by atoms with Gasteiger partial charge in [0.15, 0.2) is 5.13 Å². The van der Waals surface area contributed by atoms with Gasteiger partial charge in [-0.3, -0.25) is 10.1 Å². The molecule has 0 atom stereocenters. The number of nitrogens with one attached hydrogen (secondary N) is 1. The van der Waals surface area contributed by atoms with Crippen LogP contribution in [0.2, 0.25) is 0 Å². The van der Waals surface area contributed by atoms with Gasteiger partial charge in [0.1, 0.15) is 21.3 Å². The van der Waals surface area contributed by atoms with Crippen molar-refractivity contribution in [1.29, 1.82) is 0 Å². The van der Waals surface area contributed by atoms with Gasteiger partial charge in [-0.1, -0.05) is 23.5 Å². The smallest absolute Gasteiger partial charge is 0.410 e. The summed E-state index contributed by atoms with van der Waals surface area (Å²) >= 11 is 2.45. The number of benzene rings is 1. The molecule has 0 aliphatic carbocycles. The lowest BCUT2D eigenvalue weighted by molar-refractivity contribution is 0.0225. The Labute approximate surface area is 186 Å². The lowest BCUT2D eigenvalue weighted by atomic mass is 10.2. The Bertz CT molecular complexity index is 1140. The monoisotopic (exact) mass is 460 g/mol. The van der Waals surface area contributed by atoms with Crippen LogP contribution in [0, 0.1) is 5.82 Å². The second-order valence-corrected chi connectivity index (χ2v) is 10.1. The summed E-state index contributed by atoms with van der Waals surface area (Å²) in [6.45, 7) is 6.41. The first-order valence-corrected chi connectivity index (χ1v) is 11.3. The van der Waals surface area contributed by atoms with Crippen molar-refractivity contribution in [2.75, 3.05) is 11.9 Å². The summed E-state index contributed by atoms with van der Waals surface area (Å²) in [7, 11) is 0. The number of halogens is 1. The van der Waals surface area contributed by atoms with Crippen LogP contribution in [0.5, 0.6) is 0 Å². The van der Waals surface area contributed by atoms with Crippen LogP contribution in [-0.2, 0) is 17.7 Å². The minimum absolute atomic E-state index is 0.352. The number of aromatic nitrogens is 2. The van der Waals surface area contributed by atoms with E-state index in [1.807, 2.05) is 20.8 Å². The number of thiazole rings is 2. The number of nitrogens with zero attached hydrogens (tertiary/aromatic N) is 3. The normalized spacial score (nSPS) is 13.6. The average molecular weight is 461 g/mol. The molecule has 0 saturated heterocycles. The maximum absolute atomic E-state index is 14.0. The second kappa shape index (κ2) is 8.35. The van der Waals surface area contributed by atoms with Crippen molar-refractivity contribution >= 4 is 39.8 Å². The molecule has 7 nitrogen and oxygen atoms in total. The molecule has 10 heteroatoms. The third-order valence-electron chi connectivity index (χ3n) is 4.44. The van der Waals surface area contributed by atoms with Crippen LogP contribution in [0.3, 0.4) is 0 Å². The molecular weight excluding hydrogens is 439 g/mol. The van der Waals surface area contributed by atoms with E-state index in [9.17, 15) is 14.0 Å². The fourth-order valence-corrected chi connectivity index (χ4v) is 4.89. The molecule has 3 heterocycles. The molecule has 0 fully saturated rings. The van der Waals surface area contributed by atoms with E-state index in [2.05, 4.69) is 15.3 Å². The molecule has 1 aliphatic rings. The lowest BCUT2D eigenvalue weighted by Gasteiger charge is -2.29. The fraction of sp³-hybridized carbons (Fsp3) is 0.333.